The minimum absolute atomic E-state index is 0.00888. The van der Waals surface area contributed by atoms with E-state index in [0.29, 0.717) is 4.47 Å². The summed E-state index contributed by atoms with van der Waals surface area (Å²) >= 11 is 3.04. The zero-order valence-electron chi connectivity index (χ0n) is 11.7. The summed E-state index contributed by atoms with van der Waals surface area (Å²) < 4.78 is 51.0. The van der Waals surface area contributed by atoms with E-state index in [2.05, 4.69) is 26.5 Å². The molecule has 0 radical (unpaired) electrons. The maximum Gasteiger partial charge on any atom is 0.416 e. The highest BCUT2D eigenvalue weighted by Crippen LogP contribution is 2.29. The van der Waals surface area contributed by atoms with E-state index >= 15 is 0 Å². The highest BCUT2D eigenvalue weighted by atomic mass is 79.9. The molecule has 2 rings (SSSR count). The summed E-state index contributed by atoms with van der Waals surface area (Å²) in [6.07, 6.45) is -3.49. The van der Waals surface area contributed by atoms with Gasteiger partial charge in [0.2, 0.25) is 0 Å². The van der Waals surface area contributed by atoms with Crippen LogP contribution in [0.3, 0.4) is 0 Å². The summed E-state index contributed by atoms with van der Waals surface area (Å²) in [6, 6.07) is 5.97. The van der Waals surface area contributed by atoms with Crippen LogP contribution in [0.15, 0.2) is 46.0 Å². The third-order valence-electron chi connectivity index (χ3n) is 2.90. The Balaban J connectivity index is 2.08. The summed E-state index contributed by atoms with van der Waals surface area (Å²) in [5.74, 6) is -2.28. The number of halogens is 5. The predicted octanol–water partition coefficient (Wildman–Crippen LogP) is 4.08. The number of rotatable bonds is 3. The fraction of sp³-hybridized carbons (Fsp3) is 0.0667. The normalized spacial score (nSPS) is 11.7. The van der Waals surface area contributed by atoms with Crippen LogP contribution in [-0.2, 0) is 6.18 Å². The quantitative estimate of drug-likeness (QED) is 0.460. The Morgan fingerprint density at radius 1 is 1.21 bits per heavy atom. The van der Waals surface area contributed by atoms with Crippen LogP contribution in [0.1, 0.15) is 21.5 Å². The van der Waals surface area contributed by atoms with Crippen LogP contribution < -0.4 is 5.43 Å². The van der Waals surface area contributed by atoms with Gasteiger partial charge in [-0.15, -0.1) is 0 Å². The van der Waals surface area contributed by atoms with Gasteiger partial charge in [0.15, 0.2) is 11.6 Å². The van der Waals surface area contributed by atoms with Crippen LogP contribution in [0.2, 0.25) is 0 Å². The minimum Gasteiger partial charge on any atom is -0.504 e. The number of phenolic OH excluding ortho intramolecular Hbond substituents is 1. The van der Waals surface area contributed by atoms with Gasteiger partial charge in [-0.3, -0.25) is 4.79 Å². The molecular formula is C15H9BrF4N2O2. The van der Waals surface area contributed by atoms with Crippen molar-refractivity contribution in [2.24, 2.45) is 5.10 Å². The number of hydrogen-bond acceptors (Lipinski definition) is 3. The monoisotopic (exact) mass is 404 g/mol. The Labute approximate surface area is 141 Å². The summed E-state index contributed by atoms with van der Waals surface area (Å²) in [6.45, 7) is 0. The number of carbonyl (C=O) groups is 1. The zero-order chi connectivity index (χ0) is 17.9. The SMILES string of the molecule is O=C(N/N=C/c1cc(Br)cc(F)c1O)c1ccc(C(F)(F)F)cc1. The first-order valence-corrected chi connectivity index (χ1v) is 7.16. The van der Waals surface area contributed by atoms with Gasteiger partial charge in [0.1, 0.15) is 0 Å². The lowest BCUT2D eigenvalue weighted by Crippen LogP contribution is -2.18. The first-order chi connectivity index (χ1) is 11.2. The molecule has 2 N–H and O–H groups in total. The van der Waals surface area contributed by atoms with Crippen molar-refractivity contribution in [2.75, 3.05) is 0 Å². The molecule has 1 amide bonds. The number of hydrogen-bond donors (Lipinski definition) is 2. The molecule has 126 valence electrons. The average Bonchev–Trinajstić information content (AvgIpc) is 2.51. The third-order valence-corrected chi connectivity index (χ3v) is 3.36. The Morgan fingerprint density at radius 2 is 1.83 bits per heavy atom. The molecule has 0 unspecified atom stereocenters. The fourth-order valence-electron chi connectivity index (χ4n) is 1.72. The molecule has 2 aromatic carbocycles. The Hall–Kier alpha value is -2.42. The van der Waals surface area contributed by atoms with Gasteiger partial charge in [0.05, 0.1) is 11.8 Å². The molecule has 0 saturated heterocycles. The van der Waals surface area contributed by atoms with Gasteiger partial charge < -0.3 is 5.11 Å². The van der Waals surface area contributed by atoms with Gasteiger partial charge in [-0.25, -0.2) is 9.82 Å². The maximum atomic E-state index is 13.3. The highest BCUT2D eigenvalue weighted by Gasteiger charge is 2.30. The van der Waals surface area contributed by atoms with Crippen molar-refractivity contribution in [3.63, 3.8) is 0 Å². The van der Waals surface area contributed by atoms with Gasteiger partial charge in [-0.05, 0) is 36.4 Å². The second-order valence-corrected chi connectivity index (χ2v) is 5.52. The fourth-order valence-corrected chi connectivity index (χ4v) is 2.17. The average molecular weight is 405 g/mol. The standard InChI is InChI=1S/C15H9BrF4N2O2/c16-11-5-9(13(23)12(17)6-11)7-21-22-14(24)8-1-3-10(4-2-8)15(18,19)20/h1-7,23H,(H,22,24)/b21-7+. The number of nitrogens with one attached hydrogen (secondary N) is 1. The highest BCUT2D eigenvalue weighted by molar-refractivity contribution is 9.10. The van der Waals surface area contributed by atoms with Gasteiger partial charge >= 0.3 is 6.18 Å². The van der Waals surface area contributed by atoms with Gasteiger partial charge in [0, 0.05) is 15.6 Å². The van der Waals surface area contributed by atoms with Crippen LogP contribution in [0.5, 0.6) is 5.75 Å². The number of alkyl halides is 3. The third kappa shape index (κ3) is 4.31. The molecule has 4 nitrogen and oxygen atoms in total. The van der Waals surface area contributed by atoms with Crippen molar-refractivity contribution in [3.8, 4) is 5.75 Å². The second kappa shape index (κ2) is 7.00. The van der Waals surface area contributed by atoms with Crippen molar-refractivity contribution >= 4 is 28.1 Å². The largest absolute Gasteiger partial charge is 0.504 e. The van der Waals surface area contributed by atoms with E-state index in [1.807, 2.05) is 0 Å². The number of nitrogens with zero attached hydrogens (tertiary/aromatic N) is 1. The van der Waals surface area contributed by atoms with Gasteiger partial charge in [-0.2, -0.15) is 18.3 Å². The van der Waals surface area contributed by atoms with E-state index in [1.54, 1.807) is 0 Å². The molecule has 0 atom stereocenters. The van der Waals surface area contributed by atoms with E-state index in [9.17, 15) is 27.5 Å². The second-order valence-electron chi connectivity index (χ2n) is 4.60. The molecule has 0 aliphatic carbocycles. The van der Waals surface area contributed by atoms with E-state index < -0.39 is 29.2 Å². The molecule has 0 saturated carbocycles. The van der Waals surface area contributed by atoms with Crippen LogP contribution >= 0.6 is 15.9 Å². The molecule has 9 heteroatoms. The van der Waals surface area contributed by atoms with Crippen molar-refractivity contribution < 1.29 is 27.5 Å². The Morgan fingerprint density at radius 3 is 2.42 bits per heavy atom. The Kier molecular flexibility index (Phi) is 5.23. The van der Waals surface area contributed by atoms with Crippen LogP contribution in [0, 0.1) is 5.82 Å². The molecule has 24 heavy (non-hydrogen) atoms. The lowest BCUT2D eigenvalue weighted by molar-refractivity contribution is -0.137. The van der Waals surface area contributed by atoms with E-state index in [-0.39, 0.29) is 11.1 Å². The molecule has 0 fully saturated rings. The van der Waals surface area contributed by atoms with Crippen molar-refractivity contribution in [2.45, 2.75) is 6.18 Å². The summed E-state index contributed by atoms with van der Waals surface area (Å²) in [5.41, 5.74) is 1.17. The number of carbonyl (C=O) groups excluding carboxylic acids is 1. The first-order valence-electron chi connectivity index (χ1n) is 6.37. The zero-order valence-corrected chi connectivity index (χ0v) is 13.3. The number of amides is 1. The molecule has 0 spiro atoms. The van der Waals surface area contributed by atoms with E-state index in [1.165, 1.54) is 6.07 Å². The first kappa shape index (κ1) is 17.9. The topological polar surface area (TPSA) is 61.7 Å². The lowest BCUT2D eigenvalue weighted by Gasteiger charge is -2.07. The van der Waals surface area contributed by atoms with Crippen LogP contribution in [0.4, 0.5) is 17.6 Å². The summed E-state index contributed by atoms with van der Waals surface area (Å²) in [5, 5.41) is 13.0. The molecular weight excluding hydrogens is 396 g/mol. The van der Waals surface area contributed by atoms with Gasteiger partial charge in [0.25, 0.3) is 5.91 Å². The molecule has 0 bridgehead atoms. The van der Waals surface area contributed by atoms with Crippen molar-refractivity contribution in [3.05, 3.63) is 63.4 Å². The van der Waals surface area contributed by atoms with Crippen LogP contribution in [0.25, 0.3) is 0 Å². The predicted molar refractivity (Wildman–Crippen MR) is 82.3 cm³/mol. The number of aromatic hydroxyl groups is 1. The van der Waals surface area contributed by atoms with Crippen LogP contribution in [-0.4, -0.2) is 17.2 Å². The maximum absolute atomic E-state index is 13.3. The number of hydrazone groups is 1. The molecule has 0 heterocycles. The Bertz CT molecular complexity index is 789. The molecule has 0 aromatic heterocycles. The summed E-state index contributed by atoms with van der Waals surface area (Å²) in [4.78, 5) is 11.8. The number of benzene rings is 2. The van der Waals surface area contributed by atoms with E-state index in [4.69, 9.17) is 0 Å². The molecule has 0 aliphatic heterocycles. The lowest BCUT2D eigenvalue weighted by atomic mass is 10.1. The van der Waals surface area contributed by atoms with Crippen molar-refractivity contribution in [1.29, 1.82) is 0 Å². The van der Waals surface area contributed by atoms with E-state index in [0.717, 1.165) is 36.5 Å². The molecule has 2 aromatic rings. The van der Waals surface area contributed by atoms with Gasteiger partial charge in [-0.1, -0.05) is 15.9 Å². The molecule has 0 aliphatic rings. The van der Waals surface area contributed by atoms with Crippen molar-refractivity contribution in [1.82, 2.24) is 5.43 Å². The summed E-state index contributed by atoms with van der Waals surface area (Å²) in [7, 11) is 0. The smallest absolute Gasteiger partial charge is 0.416 e. The number of phenols is 1. The minimum atomic E-state index is -4.49.